The lowest BCUT2D eigenvalue weighted by atomic mass is 10.4. The fourth-order valence-electron chi connectivity index (χ4n) is 1.33. The van der Waals surface area contributed by atoms with E-state index in [1.54, 1.807) is 30.5 Å². The zero-order valence-electron chi connectivity index (χ0n) is 9.00. The summed E-state index contributed by atoms with van der Waals surface area (Å²) in [6, 6.07) is 1.91. The molecule has 0 bridgehead atoms. The van der Waals surface area contributed by atoms with Crippen LogP contribution < -0.4 is 5.73 Å². The molecule has 2 aromatic rings. The standard InChI is InChI=1S/C10H13N5S/c1-2-15-10(13-7-14-15)6-16-9-3-4-12-5-8(9)11/h3-5,7H,2,6,11H2,1H3. The number of aryl methyl sites for hydroxylation is 1. The molecule has 0 aromatic carbocycles. The van der Waals surface area contributed by atoms with Gasteiger partial charge in [0.25, 0.3) is 0 Å². The van der Waals surface area contributed by atoms with E-state index in [0.717, 1.165) is 23.0 Å². The lowest BCUT2D eigenvalue weighted by Crippen LogP contribution is -2.02. The van der Waals surface area contributed by atoms with Crippen molar-refractivity contribution in [2.45, 2.75) is 24.1 Å². The highest BCUT2D eigenvalue weighted by Crippen LogP contribution is 2.26. The fraction of sp³-hybridized carbons (Fsp3) is 0.300. The molecule has 5 nitrogen and oxygen atoms in total. The second-order valence-corrected chi connectivity index (χ2v) is 4.21. The Labute approximate surface area is 98.1 Å². The first-order valence-electron chi connectivity index (χ1n) is 5.00. The second-order valence-electron chi connectivity index (χ2n) is 3.19. The highest BCUT2D eigenvalue weighted by molar-refractivity contribution is 7.98. The summed E-state index contributed by atoms with van der Waals surface area (Å²) in [6.07, 6.45) is 4.98. The molecule has 2 aromatic heterocycles. The summed E-state index contributed by atoms with van der Waals surface area (Å²) in [7, 11) is 0. The Balaban J connectivity index is 2.05. The zero-order valence-corrected chi connectivity index (χ0v) is 9.81. The number of pyridine rings is 1. The largest absolute Gasteiger partial charge is 0.397 e. The Morgan fingerprint density at radius 1 is 1.50 bits per heavy atom. The molecule has 2 heterocycles. The Morgan fingerprint density at radius 3 is 3.12 bits per heavy atom. The number of nitrogens with zero attached hydrogens (tertiary/aromatic N) is 4. The van der Waals surface area contributed by atoms with Gasteiger partial charge in [-0.1, -0.05) is 0 Å². The van der Waals surface area contributed by atoms with Crippen LogP contribution >= 0.6 is 11.8 Å². The Hall–Kier alpha value is -1.56. The predicted molar refractivity (Wildman–Crippen MR) is 63.9 cm³/mol. The summed E-state index contributed by atoms with van der Waals surface area (Å²) in [5, 5.41) is 4.12. The molecule has 0 amide bonds. The molecule has 6 heteroatoms. The summed E-state index contributed by atoms with van der Waals surface area (Å²) in [5.74, 6) is 1.73. The molecule has 2 rings (SSSR count). The zero-order chi connectivity index (χ0) is 11.4. The molecular formula is C10H13N5S. The molecule has 0 aliphatic carbocycles. The van der Waals surface area contributed by atoms with Crippen molar-refractivity contribution in [1.29, 1.82) is 0 Å². The SMILES string of the molecule is CCn1ncnc1CSc1ccncc1N. The molecule has 16 heavy (non-hydrogen) atoms. The van der Waals surface area contributed by atoms with Crippen LogP contribution in [0, 0.1) is 0 Å². The first kappa shape index (κ1) is 10.9. The summed E-state index contributed by atoms with van der Waals surface area (Å²) in [4.78, 5) is 9.19. The predicted octanol–water partition coefficient (Wildman–Crippen LogP) is 1.57. The maximum atomic E-state index is 5.80. The van der Waals surface area contributed by atoms with Crippen LogP contribution in [0.4, 0.5) is 5.69 Å². The normalized spacial score (nSPS) is 10.6. The smallest absolute Gasteiger partial charge is 0.138 e. The number of aromatic nitrogens is 4. The van der Waals surface area contributed by atoms with Gasteiger partial charge >= 0.3 is 0 Å². The van der Waals surface area contributed by atoms with Crippen molar-refractivity contribution < 1.29 is 0 Å². The highest BCUT2D eigenvalue weighted by Gasteiger charge is 2.05. The van der Waals surface area contributed by atoms with Crippen LogP contribution in [0.3, 0.4) is 0 Å². The van der Waals surface area contributed by atoms with E-state index >= 15 is 0 Å². The van der Waals surface area contributed by atoms with Gasteiger partial charge in [0.05, 0.1) is 17.6 Å². The molecule has 84 valence electrons. The van der Waals surface area contributed by atoms with E-state index in [0.29, 0.717) is 5.69 Å². The third-order valence-corrected chi connectivity index (χ3v) is 3.25. The number of hydrogen-bond donors (Lipinski definition) is 1. The van der Waals surface area contributed by atoms with E-state index in [4.69, 9.17) is 5.73 Å². The van der Waals surface area contributed by atoms with Crippen LogP contribution in [0.5, 0.6) is 0 Å². The first-order chi connectivity index (χ1) is 7.81. The van der Waals surface area contributed by atoms with Crippen LogP contribution in [0.2, 0.25) is 0 Å². The molecule has 0 saturated carbocycles. The van der Waals surface area contributed by atoms with E-state index in [2.05, 4.69) is 15.1 Å². The van der Waals surface area contributed by atoms with Gasteiger partial charge in [-0.2, -0.15) is 5.10 Å². The highest BCUT2D eigenvalue weighted by atomic mass is 32.2. The average Bonchev–Trinajstić information content (AvgIpc) is 2.75. The third-order valence-electron chi connectivity index (χ3n) is 2.16. The van der Waals surface area contributed by atoms with E-state index < -0.39 is 0 Å². The van der Waals surface area contributed by atoms with Crippen LogP contribution in [0.15, 0.2) is 29.7 Å². The number of thioether (sulfide) groups is 1. The Bertz CT molecular complexity index is 468. The first-order valence-corrected chi connectivity index (χ1v) is 5.98. The number of anilines is 1. The lowest BCUT2D eigenvalue weighted by molar-refractivity contribution is 0.632. The minimum absolute atomic E-state index is 0.704. The maximum absolute atomic E-state index is 5.80. The van der Waals surface area contributed by atoms with Crippen LogP contribution in [0.25, 0.3) is 0 Å². The Morgan fingerprint density at radius 2 is 2.38 bits per heavy atom. The lowest BCUT2D eigenvalue weighted by Gasteiger charge is -2.04. The summed E-state index contributed by atoms with van der Waals surface area (Å²) >= 11 is 1.65. The molecule has 0 radical (unpaired) electrons. The molecule has 0 unspecified atom stereocenters. The molecule has 2 N–H and O–H groups in total. The van der Waals surface area contributed by atoms with Gasteiger partial charge < -0.3 is 5.73 Å². The Kier molecular flexibility index (Phi) is 3.40. The van der Waals surface area contributed by atoms with Crippen molar-refractivity contribution in [2.75, 3.05) is 5.73 Å². The van der Waals surface area contributed by atoms with Gasteiger partial charge in [-0.3, -0.25) is 4.98 Å². The summed E-state index contributed by atoms with van der Waals surface area (Å²) < 4.78 is 1.88. The molecule has 0 spiro atoms. The maximum Gasteiger partial charge on any atom is 0.138 e. The van der Waals surface area contributed by atoms with Crippen molar-refractivity contribution in [3.05, 3.63) is 30.6 Å². The van der Waals surface area contributed by atoms with Crippen LogP contribution in [-0.2, 0) is 12.3 Å². The van der Waals surface area contributed by atoms with Gasteiger partial charge in [0, 0.05) is 17.6 Å². The number of rotatable bonds is 4. The number of nitrogen functional groups attached to an aromatic ring is 1. The molecule has 0 fully saturated rings. The molecule has 0 aliphatic rings. The van der Waals surface area contributed by atoms with Crippen LogP contribution in [0.1, 0.15) is 12.7 Å². The summed E-state index contributed by atoms with van der Waals surface area (Å²) in [6.45, 7) is 2.88. The average molecular weight is 235 g/mol. The third kappa shape index (κ3) is 2.33. The van der Waals surface area contributed by atoms with E-state index in [1.807, 2.05) is 17.7 Å². The topological polar surface area (TPSA) is 69.6 Å². The minimum Gasteiger partial charge on any atom is -0.397 e. The number of hydrogen-bond acceptors (Lipinski definition) is 5. The quantitative estimate of drug-likeness (QED) is 0.814. The second kappa shape index (κ2) is 4.98. The van der Waals surface area contributed by atoms with E-state index in [-0.39, 0.29) is 0 Å². The van der Waals surface area contributed by atoms with Crippen molar-refractivity contribution >= 4 is 17.4 Å². The molecule has 0 atom stereocenters. The van der Waals surface area contributed by atoms with Crippen molar-refractivity contribution in [3.63, 3.8) is 0 Å². The van der Waals surface area contributed by atoms with Crippen molar-refractivity contribution in [3.8, 4) is 0 Å². The molecule has 0 aliphatic heterocycles. The molecular weight excluding hydrogens is 222 g/mol. The van der Waals surface area contributed by atoms with Gasteiger partial charge in [0.1, 0.15) is 12.2 Å². The molecule has 0 saturated heterocycles. The summed E-state index contributed by atoms with van der Waals surface area (Å²) in [5.41, 5.74) is 6.51. The van der Waals surface area contributed by atoms with E-state index in [9.17, 15) is 0 Å². The van der Waals surface area contributed by atoms with Crippen molar-refractivity contribution in [2.24, 2.45) is 0 Å². The van der Waals surface area contributed by atoms with Gasteiger partial charge in [-0.05, 0) is 13.0 Å². The van der Waals surface area contributed by atoms with Gasteiger partial charge in [-0.15, -0.1) is 11.8 Å². The van der Waals surface area contributed by atoms with Crippen LogP contribution in [-0.4, -0.2) is 19.7 Å². The van der Waals surface area contributed by atoms with Gasteiger partial charge in [0.2, 0.25) is 0 Å². The van der Waals surface area contributed by atoms with Crippen molar-refractivity contribution in [1.82, 2.24) is 19.7 Å². The van der Waals surface area contributed by atoms with E-state index in [1.165, 1.54) is 0 Å². The minimum atomic E-state index is 0.704. The number of nitrogens with two attached hydrogens (primary N) is 1. The van der Waals surface area contributed by atoms with Gasteiger partial charge in [-0.25, -0.2) is 9.67 Å². The fourth-order valence-corrected chi connectivity index (χ4v) is 2.22. The monoisotopic (exact) mass is 235 g/mol. The van der Waals surface area contributed by atoms with Gasteiger partial charge in [0.15, 0.2) is 0 Å².